The standard InChI is InChI=1S/C25H22N4O5S/c30-22(27-10-12-28(13-11-27)24(31)20-8-4-14-33-20)17-34-25(32)19-16-29(18-6-2-1-3-7-18)26-23(19)21-9-5-15-35-21/h1-9,14-16H,10-13,17H2. The second kappa shape index (κ2) is 9.98. The zero-order chi connectivity index (χ0) is 24.2. The van der Waals surface area contributed by atoms with Gasteiger partial charge in [-0.3, -0.25) is 9.59 Å². The molecule has 0 atom stereocenters. The fourth-order valence-electron chi connectivity index (χ4n) is 3.84. The quantitative estimate of drug-likeness (QED) is 0.385. The average molecular weight is 491 g/mol. The Kier molecular flexibility index (Phi) is 6.44. The van der Waals surface area contributed by atoms with E-state index in [9.17, 15) is 14.4 Å². The van der Waals surface area contributed by atoms with Gasteiger partial charge < -0.3 is 19.0 Å². The second-order valence-electron chi connectivity index (χ2n) is 7.88. The second-order valence-corrected chi connectivity index (χ2v) is 8.82. The summed E-state index contributed by atoms with van der Waals surface area (Å²) in [6.07, 6.45) is 3.07. The van der Waals surface area contributed by atoms with Crippen molar-refractivity contribution in [1.82, 2.24) is 19.6 Å². The average Bonchev–Trinajstić information content (AvgIpc) is 3.69. The smallest absolute Gasteiger partial charge is 0.342 e. The van der Waals surface area contributed by atoms with Crippen molar-refractivity contribution in [3.05, 3.63) is 83.8 Å². The summed E-state index contributed by atoms with van der Waals surface area (Å²) in [5.74, 6) is -0.853. The van der Waals surface area contributed by atoms with Crippen LogP contribution < -0.4 is 0 Å². The Balaban J connectivity index is 1.22. The van der Waals surface area contributed by atoms with Crippen LogP contribution >= 0.6 is 11.3 Å². The summed E-state index contributed by atoms with van der Waals surface area (Å²) in [5, 5.41) is 6.50. The molecular weight excluding hydrogens is 468 g/mol. The Bertz CT molecular complexity index is 1310. The molecule has 9 nitrogen and oxygen atoms in total. The molecule has 0 aliphatic carbocycles. The molecule has 1 aliphatic heterocycles. The van der Waals surface area contributed by atoms with Crippen LogP contribution in [0.25, 0.3) is 16.3 Å². The van der Waals surface area contributed by atoms with Gasteiger partial charge in [0, 0.05) is 32.4 Å². The molecular formula is C25H22N4O5S. The molecule has 4 aromatic rings. The fraction of sp³-hybridized carbons (Fsp3) is 0.200. The van der Waals surface area contributed by atoms with E-state index in [-0.39, 0.29) is 29.7 Å². The first-order chi connectivity index (χ1) is 17.1. The predicted molar refractivity (Wildman–Crippen MR) is 128 cm³/mol. The van der Waals surface area contributed by atoms with E-state index in [4.69, 9.17) is 9.15 Å². The first-order valence-electron chi connectivity index (χ1n) is 11.1. The lowest BCUT2D eigenvalue weighted by molar-refractivity contribution is -0.136. The molecule has 0 bridgehead atoms. The van der Waals surface area contributed by atoms with Crippen LogP contribution in [0.15, 0.2) is 76.9 Å². The number of rotatable bonds is 6. The monoisotopic (exact) mass is 490 g/mol. The minimum absolute atomic E-state index is 0.204. The topological polar surface area (TPSA) is 97.9 Å². The number of hydrogen-bond donors (Lipinski definition) is 0. The van der Waals surface area contributed by atoms with Gasteiger partial charge in [-0.2, -0.15) is 5.10 Å². The van der Waals surface area contributed by atoms with Gasteiger partial charge in [-0.15, -0.1) is 11.3 Å². The van der Waals surface area contributed by atoms with Gasteiger partial charge >= 0.3 is 5.97 Å². The van der Waals surface area contributed by atoms with Gasteiger partial charge in [0.15, 0.2) is 12.4 Å². The molecule has 0 radical (unpaired) electrons. The number of amides is 2. The van der Waals surface area contributed by atoms with Gasteiger partial charge in [-0.05, 0) is 35.7 Å². The fourth-order valence-corrected chi connectivity index (χ4v) is 4.57. The molecule has 10 heteroatoms. The molecule has 0 spiro atoms. The van der Waals surface area contributed by atoms with E-state index < -0.39 is 5.97 Å². The van der Waals surface area contributed by atoms with Crippen molar-refractivity contribution >= 4 is 29.1 Å². The zero-order valence-electron chi connectivity index (χ0n) is 18.7. The molecule has 3 aromatic heterocycles. The molecule has 178 valence electrons. The molecule has 5 rings (SSSR count). The largest absolute Gasteiger partial charge is 0.459 e. The van der Waals surface area contributed by atoms with Crippen LogP contribution in [0.2, 0.25) is 0 Å². The van der Waals surface area contributed by atoms with E-state index in [1.165, 1.54) is 17.6 Å². The number of para-hydroxylation sites is 1. The number of ether oxygens (including phenoxy) is 1. The Labute approximate surface area is 205 Å². The van der Waals surface area contributed by atoms with Crippen LogP contribution in [-0.4, -0.2) is 70.1 Å². The van der Waals surface area contributed by atoms with Gasteiger partial charge in [0.05, 0.1) is 16.8 Å². The maximum absolute atomic E-state index is 13.0. The highest BCUT2D eigenvalue weighted by Crippen LogP contribution is 2.28. The maximum atomic E-state index is 13.0. The third-order valence-electron chi connectivity index (χ3n) is 5.69. The van der Waals surface area contributed by atoms with Gasteiger partial charge in [0.2, 0.25) is 0 Å². The summed E-state index contributed by atoms with van der Waals surface area (Å²) >= 11 is 1.47. The Morgan fingerprint density at radius 2 is 1.71 bits per heavy atom. The van der Waals surface area contributed by atoms with Crippen LogP contribution in [0, 0.1) is 0 Å². The molecule has 0 saturated carbocycles. The van der Waals surface area contributed by atoms with Gasteiger partial charge in [0.1, 0.15) is 11.3 Å². The van der Waals surface area contributed by atoms with Crippen molar-refractivity contribution < 1.29 is 23.5 Å². The first-order valence-corrected chi connectivity index (χ1v) is 11.9. The van der Waals surface area contributed by atoms with E-state index in [0.717, 1.165) is 10.6 Å². The van der Waals surface area contributed by atoms with Crippen LogP contribution in [0.5, 0.6) is 0 Å². The number of benzene rings is 1. The number of nitrogens with zero attached hydrogens (tertiary/aromatic N) is 4. The number of thiophene rings is 1. The molecule has 1 fully saturated rings. The summed E-state index contributed by atoms with van der Waals surface area (Å²) in [6.45, 7) is 1.09. The van der Waals surface area contributed by atoms with Crippen molar-refractivity contribution in [1.29, 1.82) is 0 Å². The minimum Gasteiger partial charge on any atom is -0.459 e. The van der Waals surface area contributed by atoms with Crippen molar-refractivity contribution in [2.75, 3.05) is 32.8 Å². The summed E-state index contributed by atoms with van der Waals surface area (Å²) in [5.41, 5.74) is 1.60. The van der Waals surface area contributed by atoms with Crippen molar-refractivity contribution in [2.45, 2.75) is 0 Å². The molecule has 2 amide bonds. The Morgan fingerprint density at radius 1 is 0.943 bits per heavy atom. The lowest BCUT2D eigenvalue weighted by atomic mass is 10.2. The zero-order valence-corrected chi connectivity index (χ0v) is 19.5. The SMILES string of the molecule is O=C(OCC(=O)N1CCN(C(=O)c2ccco2)CC1)c1cn(-c2ccccc2)nc1-c1cccs1. The number of carbonyl (C=O) groups excluding carboxylic acids is 3. The molecule has 0 unspecified atom stereocenters. The summed E-state index contributed by atoms with van der Waals surface area (Å²) in [7, 11) is 0. The summed E-state index contributed by atoms with van der Waals surface area (Å²) in [4.78, 5) is 42.1. The normalized spacial score (nSPS) is 13.6. The third-order valence-corrected chi connectivity index (χ3v) is 6.56. The Hall–Kier alpha value is -4.18. The van der Waals surface area contributed by atoms with E-state index in [1.807, 2.05) is 47.8 Å². The molecule has 35 heavy (non-hydrogen) atoms. The van der Waals surface area contributed by atoms with Gasteiger partial charge in [0.25, 0.3) is 11.8 Å². The highest BCUT2D eigenvalue weighted by molar-refractivity contribution is 7.13. The molecule has 1 aromatic carbocycles. The summed E-state index contributed by atoms with van der Waals surface area (Å²) in [6, 6.07) is 16.5. The van der Waals surface area contributed by atoms with Crippen LogP contribution in [0.3, 0.4) is 0 Å². The number of carbonyl (C=O) groups is 3. The lowest BCUT2D eigenvalue weighted by Gasteiger charge is -2.34. The first kappa shape index (κ1) is 22.6. The Morgan fingerprint density at radius 3 is 2.40 bits per heavy atom. The lowest BCUT2D eigenvalue weighted by Crippen LogP contribution is -2.51. The molecule has 1 aliphatic rings. The number of aromatic nitrogens is 2. The maximum Gasteiger partial charge on any atom is 0.342 e. The van der Waals surface area contributed by atoms with Gasteiger partial charge in [-0.25, -0.2) is 9.48 Å². The molecule has 1 saturated heterocycles. The van der Waals surface area contributed by atoms with Crippen LogP contribution in [-0.2, 0) is 9.53 Å². The number of piperazine rings is 1. The molecule has 4 heterocycles. The highest BCUT2D eigenvalue weighted by Gasteiger charge is 2.27. The van der Waals surface area contributed by atoms with E-state index in [0.29, 0.717) is 31.9 Å². The third kappa shape index (κ3) is 4.87. The minimum atomic E-state index is -0.615. The highest BCUT2D eigenvalue weighted by atomic mass is 32.1. The van der Waals surface area contributed by atoms with Crippen molar-refractivity contribution in [3.8, 4) is 16.3 Å². The van der Waals surface area contributed by atoms with Crippen molar-refractivity contribution in [3.63, 3.8) is 0 Å². The van der Waals surface area contributed by atoms with Gasteiger partial charge in [-0.1, -0.05) is 24.3 Å². The van der Waals surface area contributed by atoms with E-state index in [1.54, 1.807) is 32.8 Å². The predicted octanol–water partition coefficient (Wildman–Crippen LogP) is 3.34. The van der Waals surface area contributed by atoms with Crippen LogP contribution in [0.4, 0.5) is 0 Å². The van der Waals surface area contributed by atoms with E-state index >= 15 is 0 Å². The summed E-state index contributed by atoms with van der Waals surface area (Å²) < 4.78 is 12.2. The molecule has 0 N–H and O–H groups in total. The van der Waals surface area contributed by atoms with Crippen molar-refractivity contribution in [2.24, 2.45) is 0 Å². The van der Waals surface area contributed by atoms with Crippen LogP contribution in [0.1, 0.15) is 20.9 Å². The number of esters is 1. The number of furan rings is 1. The number of hydrogen-bond acceptors (Lipinski definition) is 7. The van der Waals surface area contributed by atoms with E-state index in [2.05, 4.69) is 5.10 Å².